The average molecular weight is 327 g/mol. The summed E-state index contributed by atoms with van der Waals surface area (Å²) in [6, 6.07) is 14.8. The predicted molar refractivity (Wildman–Crippen MR) is 89.5 cm³/mol. The van der Waals surface area contributed by atoms with Crippen molar-refractivity contribution in [1.29, 1.82) is 0 Å². The highest BCUT2D eigenvalue weighted by molar-refractivity contribution is 6.00. The molecule has 1 N–H and O–H groups in total. The molecule has 1 aliphatic rings. The molecule has 0 bridgehead atoms. The molecule has 2 aromatic carbocycles. The predicted octanol–water partition coefficient (Wildman–Crippen LogP) is 3.05. The molecule has 5 nitrogen and oxygen atoms in total. The highest BCUT2D eigenvalue weighted by Gasteiger charge is 2.46. The van der Waals surface area contributed by atoms with Gasteiger partial charge in [0.25, 0.3) is 5.91 Å². The van der Waals surface area contributed by atoms with Crippen LogP contribution in [-0.2, 0) is 10.3 Å². The van der Waals surface area contributed by atoms with Crippen molar-refractivity contribution in [2.45, 2.75) is 25.6 Å². The Morgan fingerprint density at radius 3 is 2.50 bits per heavy atom. The lowest BCUT2D eigenvalue weighted by molar-refractivity contribution is -0.0326. The van der Waals surface area contributed by atoms with E-state index in [2.05, 4.69) is 0 Å². The smallest absolute Gasteiger partial charge is 0.257 e. The molecule has 0 aromatic heterocycles. The second-order valence-electron chi connectivity index (χ2n) is 6.24. The molecule has 1 unspecified atom stereocenters. The summed E-state index contributed by atoms with van der Waals surface area (Å²) in [5.74, 6) is 0.246. The Hall–Kier alpha value is -2.37. The van der Waals surface area contributed by atoms with E-state index < -0.39 is 11.8 Å². The summed E-state index contributed by atoms with van der Waals surface area (Å²) in [5.41, 5.74) is 1.23. The molecule has 3 rings (SSSR count). The summed E-state index contributed by atoms with van der Waals surface area (Å²) in [6.45, 7) is 3.90. The Morgan fingerprint density at radius 1 is 1.12 bits per heavy atom. The first-order valence-corrected chi connectivity index (χ1v) is 7.80. The van der Waals surface area contributed by atoms with E-state index in [1.54, 1.807) is 18.2 Å². The molecule has 2 aromatic rings. The van der Waals surface area contributed by atoms with E-state index >= 15 is 0 Å². The topological polar surface area (TPSA) is 59.0 Å². The molecule has 0 saturated heterocycles. The summed E-state index contributed by atoms with van der Waals surface area (Å²) < 4.78 is 10.5. The minimum Gasteiger partial charge on any atom is -0.467 e. The second-order valence-corrected chi connectivity index (χ2v) is 6.24. The van der Waals surface area contributed by atoms with Crippen molar-refractivity contribution in [2.24, 2.45) is 0 Å². The van der Waals surface area contributed by atoms with E-state index in [0.717, 1.165) is 5.56 Å². The van der Waals surface area contributed by atoms with E-state index in [1.165, 1.54) is 12.0 Å². The van der Waals surface area contributed by atoms with E-state index in [0.29, 0.717) is 16.9 Å². The van der Waals surface area contributed by atoms with E-state index in [9.17, 15) is 9.90 Å². The zero-order valence-corrected chi connectivity index (χ0v) is 14.0. The molecule has 0 spiro atoms. The maximum atomic E-state index is 12.9. The first kappa shape index (κ1) is 16.5. The average Bonchev–Trinajstić information content (AvgIpc) is 2.86. The Morgan fingerprint density at radius 2 is 1.83 bits per heavy atom. The fraction of sp³-hybridized carbons (Fsp3) is 0.316. The van der Waals surface area contributed by atoms with Crippen LogP contribution in [0, 0.1) is 0 Å². The van der Waals surface area contributed by atoms with Crippen molar-refractivity contribution >= 4 is 5.91 Å². The van der Waals surface area contributed by atoms with Crippen molar-refractivity contribution in [1.82, 2.24) is 4.90 Å². The van der Waals surface area contributed by atoms with Crippen molar-refractivity contribution in [3.63, 3.8) is 0 Å². The first-order chi connectivity index (χ1) is 11.5. The molecule has 24 heavy (non-hydrogen) atoms. The van der Waals surface area contributed by atoms with Gasteiger partial charge in [-0.05, 0) is 31.5 Å². The van der Waals surface area contributed by atoms with E-state index in [-0.39, 0.29) is 12.7 Å². The van der Waals surface area contributed by atoms with Crippen LogP contribution < -0.4 is 4.74 Å². The van der Waals surface area contributed by atoms with Gasteiger partial charge in [-0.1, -0.05) is 36.4 Å². The molecule has 0 fully saturated rings. The minimum atomic E-state index is -1.07. The SMILES string of the molecule is COCOc1cccc2c1C(O)N(C(C)(C)c1ccccc1)C2=O. The highest BCUT2D eigenvalue weighted by atomic mass is 16.7. The van der Waals surface area contributed by atoms with Crippen LogP contribution in [0.5, 0.6) is 5.75 Å². The van der Waals surface area contributed by atoms with Gasteiger partial charge < -0.3 is 14.6 Å². The molecule has 1 aliphatic heterocycles. The minimum absolute atomic E-state index is 0.0550. The maximum Gasteiger partial charge on any atom is 0.257 e. The Bertz CT molecular complexity index is 742. The van der Waals surface area contributed by atoms with Gasteiger partial charge in [0.2, 0.25) is 0 Å². The molecule has 1 heterocycles. The summed E-state index contributed by atoms with van der Waals surface area (Å²) in [6.07, 6.45) is -1.07. The Kier molecular flexibility index (Phi) is 4.30. The van der Waals surface area contributed by atoms with Crippen LogP contribution in [0.3, 0.4) is 0 Å². The van der Waals surface area contributed by atoms with Gasteiger partial charge in [-0.2, -0.15) is 0 Å². The number of hydrogen-bond acceptors (Lipinski definition) is 4. The third kappa shape index (κ3) is 2.56. The lowest BCUT2D eigenvalue weighted by Crippen LogP contribution is -2.44. The van der Waals surface area contributed by atoms with E-state index in [1.807, 2.05) is 44.2 Å². The van der Waals surface area contributed by atoms with Gasteiger partial charge in [0.1, 0.15) is 5.75 Å². The largest absolute Gasteiger partial charge is 0.467 e. The van der Waals surface area contributed by atoms with Gasteiger partial charge in [0, 0.05) is 7.11 Å². The summed E-state index contributed by atoms with van der Waals surface area (Å²) in [7, 11) is 1.52. The van der Waals surface area contributed by atoms with Gasteiger partial charge >= 0.3 is 0 Å². The third-order valence-corrected chi connectivity index (χ3v) is 4.43. The van der Waals surface area contributed by atoms with Crippen LogP contribution in [-0.4, -0.2) is 29.8 Å². The van der Waals surface area contributed by atoms with Crippen LogP contribution in [0.2, 0.25) is 0 Å². The molecule has 0 radical (unpaired) electrons. The summed E-state index contributed by atoms with van der Waals surface area (Å²) in [5, 5.41) is 10.9. The Labute approximate surface area is 141 Å². The monoisotopic (exact) mass is 327 g/mol. The molecular formula is C19H21NO4. The van der Waals surface area contributed by atoms with Crippen molar-refractivity contribution in [2.75, 3.05) is 13.9 Å². The number of hydrogen-bond donors (Lipinski definition) is 1. The number of rotatable bonds is 5. The standard InChI is InChI=1S/C19H21NO4/c1-19(2,13-8-5-4-6-9-13)20-17(21)14-10-7-11-15(24-12-23-3)16(14)18(20)22/h4-11,18,22H,12H2,1-3H3. The lowest BCUT2D eigenvalue weighted by atomic mass is 9.92. The first-order valence-electron chi connectivity index (χ1n) is 7.80. The number of carbonyl (C=O) groups excluding carboxylic acids is 1. The van der Waals surface area contributed by atoms with Crippen LogP contribution >= 0.6 is 0 Å². The van der Waals surface area contributed by atoms with Crippen molar-refractivity contribution in [3.8, 4) is 5.75 Å². The molecule has 126 valence electrons. The quantitative estimate of drug-likeness (QED) is 0.858. The van der Waals surface area contributed by atoms with Gasteiger partial charge in [-0.25, -0.2) is 0 Å². The third-order valence-electron chi connectivity index (χ3n) is 4.43. The normalized spacial score (nSPS) is 17.1. The van der Waals surface area contributed by atoms with Gasteiger partial charge in [-0.15, -0.1) is 0 Å². The van der Waals surface area contributed by atoms with Crippen LogP contribution in [0.15, 0.2) is 48.5 Å². The number of methoxy groups -OCH3 is 1. The fourth-order valence-corrected chi connectivity index (χ4v) is 3.16. The number of carbonyl (C=O) groups is 1. The maximum absolute atomic E-state index is 12.9. The number of aliphatic hydroxyl groups excluding tert-OH is 1. The van der Waals surface area contributed by atoms with Crippen LogP contribution in [0.25, 0.3) is 0 Å². The molecule has 5 heteroatoms. The van der Waals surface area contributed by atoms with Crippen LogP contribution in [0.1, 0.15) is 41.6 Å². The number of fused-ring (bicyclic) bond motifs is 1. The number of benzene rings is 2. The van der Waals surface area contributed by atoms with Crippen LogP contribution in [0.4, 0.5) is 0 Å². The number of aliphatic hydroxyl groups is 1. The number of amides is 1. The molecule has 0 saturated carbocycles. The van der Waals surface area contributed by atoms with Crippen molar-refractivity contribution < 1.29 is 19.4 Å². The highest BCUT2D eigenvalue weighted by Crippen LogP contribution is 2.44. The lowest BCUT2D eigenvalue weighted by Gasteiger charge is -2.38. The molecule has 1 atom stereocenters. The zero-order valence-electron chi connectivity index (χ0n) is 14.0. The molecule has 0 aliphatic carbocycles. The van der Waals surface area contributed by atoms with Gasteiger partial charge in [0.05, 0.1) is 16.7 Å². The zero-order chi connectivity index (χ0) is 17.3. The summed E-state index contributed by atoms with van der Waals surface area (Å²) >= 11 is 0. The fourth-order valence-electron chi connectivity index (χ4n) is 3.16. The number of ether oxygens (including phenoxy) is 2. The van der Waals surface area contributed by atoms with E-state index in [4.69, 9.17) is 9.47 Å². The van der Waals surface area contributed by atoms with Crippen molar-refractivity contribution in [3.05, 3.63) is 65.2 Å². The Balaban J connectivity index is 2.02. The van der Waals surface area contributed by atoms with Gasteiger partial charge in [-0.3, -0.25) is 9.69 Å². The van der Waals surface area contributed by atoms with Gasteiger partial charge in [0.15, 0.2) is 13.0 Å². The molecule has 1 amide bonds. The molecular weight excluding hydrogens is 306 g/mol. The number of nitrogens with zero attached hydrogens (tertiary/aromatic N) is 1. The summed E-state index contributed by atoms with van der Waals surface area (Å²) in [4.78, 5) is 14.4. The second kappa shape index (κ2) is 6.26.